The van der Waals surface area contributed by atoms with Gasteiger partial charge in [-0.2, -0.15) is 10.2 Å². The lowest BCUT2D eigenvalue weighted by Crippen LogP contribution is -2.38. The Balaban J connectivity index is 2.46. The average Bonchev–Trinajstić information content (AvgIpc) is 2.64. The van der Waals surface area contributed by atoms with Crippen molar-refractivity contribution < 1.29 is 14.6 Å². The third-order valence-corrected chi connectivity index (χ3v) is 3.72. The fraction of sp³-hybridized carbons (Fsp3) is 0.312. The number of aryl methyl sites for hydroxylation is 1. The summed E-state index contributed by atoms with van der Waals surface area (Å²) in [5.74, 6) is -0.259. The predicted octanol–water partition coefficient (Wildman–Crippen LogP) is 0.916. The Hall–Kier alpha value is -2.79. The van der Waals surface area contributed by atoms with Crippen molar-refractivity contribution in [2.45, 2.75) is 20.8 Å². The SMILES string of the molecule is CNC(=S)NN=C(C)C(C)=NNC(=S)NCC(=O)Oc1cc(O)ccc1C. The fourth-order valence-corrected chi connectivity index (χ4v) is 1.70. The second-order valence-corrected chi connectivity index (χ2v) is 6.12. The molecule has 0 saturated carbocycles. The first kappa shape index (κ1) is 22.3. The number of carbonyl (C=O) groups is 1. The number of hydrazone groups is 2. The quantitative estimate of drug-likeness (QED) is 0.153. The molecular formula is C16H22N6O3S2. The molecule has 0 saturated heterocycles. The topological polar surface area (TPSA) is 119 Å². The van der Waals surface area contributed by atoms with Crippen molar-refractivity contribution in [2.75, 3.05) is 13.6 Å². The minimum Gasteiger partial charge on any atom is -0.508 e. The van der Waals surface area contributed by atoms with Crippen LogP contribution in [0.3, 0.4) is 0 Å². The zero-order valence-electron chi connectivity index (χ0n) is 15.4. The number of carbonyl (C=O) groups excluding carboxylic acids is 1. The number of thiocarbonyl (C=S) groups is 2. The van der Waals surface area contributed by atoms with E-state index in [9.17, 15) is 9.90 Å². The van der Waals surface area contributed by atoms with Crippen molar-refractivity contribution in [2.24, 2.45) is 10.2 Å². The standard InChI is InChI=1S/C16H22N6O3S2/c1-9-5-6-12(23)7-13(9)25-14(24)8-18-16(27)22-20-11(3)10(2)19-21-15(26)17-4/h5-7,23H,8H2,1-4H3,(H2,17,21,26)(H2,18,22,27). The van der Waals surface area contributed by atoms with Crippen molar-refractivity contribution in [1.29, 1.82) is 0 Å². The summed E-state index contributed by atoms with van der Waals surface area (Å²) in [6, 6.07) is 4.53. The lowest BCUT2D eigenvalue weighted by atomic mass is 10.2. The predicted molar refractivity (Wildman–Crippen MR) is 113 cm³/mol. The minimum atomic E-state index is -0.559. The zero-order valence-corrected chi connectivity index (χ0v) is 17.0. The summed E-state index contributed by atoms with van der Waals surface area (Å²) in [4.78, 5) is 11.9. The van der Waals surface area contributed by atoms with Crippen LogP contribution in [-0.4, -0.2) is 46.3 Å². The van der Waals surface area contributed by atoms with Crippen LogP contribution < -0.4 is 26.2 Å². The zero-order chi connectivity index (χ0) is 20.4. The third-order valence-electron chi connectivity index (χ3n) is 3.19. The van der Waals surface area contributed by atoms with Crippen molar-refractivity contribution in [3.05, 3.63) is 23.8 Å². The highest BCUT2D eigenvalue weighted by molar-refractivity contribution is 7.80. The first-order chi connectivity index (χ1) is 12.7. The average molecular weight is 411 g/mol. The van der Waals surface area contributed by atoms with Crippen LogP contribution in [0.1, 0.15) is 19.4 Å². The smallest absolute Gasteiger partial charge is 0.330 e. The number of hydrogen-bond acceptors (Lipinski definition) is 7. The van der Waals surface area contributed by atoms with Crippen LogP contribution in [0.15, 0.2) is 28.4 Å². The number of phenols is 1. The van der Waals surface area contributed by atoms with Crippen LogP contribution in [0.4, 0.5) is 0 Å². The summed E-state index contributed by atoms with van der Waals surface area (Å²) in [7, 11) is 1.68. The minimum absolute atomic E-state index is 0.0142. The number of benzene rings is 1. The van der Waals surface area contributed by atoms with E-state index in [0.29, 0.717) is 16.5 Å². The highest BCUT2D eigenvalue weighted by Gasteiger charge is 2.09. The van der Waals surface area contributed by atoms with E-state index in [1.807, 2.05) is 0 Å². The highest BCUT2D eigenvalue weighted by atomic mass is 32.1. The maximum atomic E-state index is 11.9. The molecule has 27 heavy (non-hydrogen) atoms. The molecule has 146 valence electrons. The molecule has 9 nitrogen and oxygen atoms in total. The van der Waals surface area contributed by atoms with Crippen molar-refractivity contribution in [1.82, 2.24) is 21.5 Å². The van der Waals surface area contributed by atoms with Crippen LogP contribution >= 0.6 is 24.4 Å². The molecule has 0 aliphatic carbocycles. The summed E-state index contributed by atoms with van der Waals surface area (Å²) >= 11 is 9.96. The molecule has 1 rings (SSSR count). The second-order valence-electron chi connectivity index (χ2n) is 5.30. The van der Waals surface area contributed by atoms with E-state index in [0.717, 1.165) is 5.56 Å². The van der Waals surface area contributed by atoms with Gasteiger partial charge in [-0.1, -0.05) is 6.07 Å². The molecule has 0 aliphatic heterocycles. The molecule has 0 amide bonds. The molecule has 0 atom stereocenters. The molecule has 0 fully saturated rings. The number of nitrogens with one attached hydrogen (secondary N) is 4. The van der Waals surface area contributed by atoms with E-state index in [1.54, 1.807) is 33.9 Å². The lowest BCUT2D eigenvalue weighted by Gasteiger charge is -2.10. The van der Waals surface area contributed by atoms with Crippen LogP contribution in [-0.2, 0) is 4.79 Å². The van der Waals surface area contributed by atoms with E-state index < -0.39 is 5.97 Å². The third kappa shape index (κ3) is 8.42. The van der Waals surface area contributed by atoms with Crippen LogP contribution in [0.5, 0.6) is 11.5 Å². The number of rotatable bonds is 6. The lowest BCUT2D eigenvalue weighted by molar-refractivity contribution is -0.133. The summed E-state index contributed by atoms with van der Waals surface area (Å²) in [6.07, 6.45) is 0. The van der Waals surface area contributed by atoms with Crippen molar-refractivity contribution in [3.8, 4) is 11.5 Å². The molecule has 5 N–H and O–H groups in total. The Labute approximate surface area is 168 Å². The molecule has 0 aromatic heterocycles. The van der Waals surface area contributed by atoms with Gasteiger partial charge in [0.25, 0.3) is 0 Å². The number of esters is 1. The van der Waals surface area contributed by atoms with E-state index in [2.05, 4.69) is 31.7 Å². The van der Waals surface area contributed by atoms with Crippen molar-refractivity contribution in [3.63, 3.8) is 0 Å². The summed E-state index contributed by atoms with van der Waals surface area (Å²) < 4.78 is 5.18. The van der Waals surface area contributed by atoms with Gasteiger partial charge in [-0.25, -0.2) is 4.79 Å². The molecule has 1 aromatic carbocycles. The maximum Gasteiger partial charge on any atom is 0.330 e. The van der Waals surface area contributed by atoms with Gasteiger partial charge in [0.05, 0.1) is 11.4 Å². The molecule has 1 aromatic rings. The molecule has 0 spiro atoms. The Morgan fingerprint density at radius 2 is 1.74 bits per heavy atom. The van der Waals surface area contributed by atoms with Gasteiger partial charge in [-0.3, -0.25) is 10.9 Å². The Morgan fingerprint density at radius 3 is 2.33 bits per heavy atom. The first-order valence-corrected chi connectivity index (χ1v) is 8.65. The van der Waals surface area contributed by atoms with E-state index in [1.165, 1.54) is 12.1 Å². The number of aromatic hydroxyl groups is 1. The molecule has 0 bridgehead atoms. The van der Waals surface area contributed by atoms with Gasteiger partial charge < -0.3 is 20.5 Å². The molecule has 11 heteroatoms. The Bertz CT molecular complexity index is 779. The first-order valence-electron chi connectivity index (χ1n) is 7.83. The molecular weight excluding hydrogens is 388 g/mol. The summed E-state index contributed by atoms with van der Waals surface area (Å²) in [5.41, 5.74) is 7.15. The van der Waals surface area contributed by atoms with Crippen molar-refractivity contribution >= 4 is 52.1 Å². The maximum absolute atomic E-state index is 11.9. The van der Waals surface area contributed by atoms with Gasteiger partial charge in [-0.15, -0.1) is 0 Å². The van der Waals surface area contributed by atoms with Gasteiger partial charge in [0.1, 0.15) is 18.0 Å². The molecule has 0 heterocycles. The number of ether oxygens (including phenoxy) is 1. The number of phenolic OH excluding ortho intramolecular Hbond substituents is 1. The van der Waals surface area contributed by atoms with E-state index in [4.69, 9.17) is 29.2 Å². The Morgan fingerprint density at radius 1 is 1.15 bits per heavy atom. The van der Waals surface area contributed by atoms with Gasteiger partial charge in [0.15, 0.2) is 10.2 Å². The van der Waals surface area contributed by atoms with Gasteiger partial charge in [0, 0.05) is 13.1 Å². The van der Waals surface area contributed by atoms with E-state index in [-0.39, 0.29) is 23.2 Å². The van der Waals surface area contributed by atoms with Gasteiger partial charge in [0.2, 0.25) is 0 Å². The van der Waals surface area contributed by atoms with Crippen LogP contribution in [0.2, 0.25) is 0 Å². The Kier molecular flexibility index (Phi) is 9.09. The van der Waals surface area contributed by atoms with Crippen LogP contribution in [0, 0.1) is 6.92 Å². The number of hydrogen-bond donors (Lipinski definition) is 5. The number of nitrogens with zero attached hydrogens (tertiary/aromatic N) is 2. The second kappa shape index (κ2) is 11.0. The largest absolute Gasteiger partial charge is 0.508 e. The highest BCUT2D eigenvalue weighted by Crippen LogP contribution is 2.23. The van der Waals surface area contributed by atoms with E-state index >= 15 is 0 Å². The summed E-state index contributed by atoms with van der Waals surface area (Å²) in [5, 5.41) is 23.5. The summed E-state index contributed by atoms with van der Waals surface area (Å²) in [6.45, 7) is 5.08. The van der Waals surface area contributed by atoms with Crippen LogP contribution in [0.25, 0.3) is 0 Å². The molecule has 0 radical (unpaired) electrons. The molecule has 0 aliphatic rings. The molecule has 0 unspecified atom stereocenters. The van der Waals surface area contributed by atoms with Gasteiger partial charge >= 0.3 is 5.97 Å². The van der Waals surface area contributed by atoms with Gasteiger partial charge in [-0.05, 0) is 56.8 Å². The monoisotopic (exact) mass is 410 g/mol. The normalized spacial score (nSPS) is 11.4. The fourth-order valence-electron chi connectivity index (χ4n) is 1.54.